The summed E-state index contributed by atoms with van der Waals surface area (Å²) in [6.07, 6.45) is 0. The molecule has 0 bridgehead atoms. The van der Waals surface area contributed by atoms with Gasteiger partial charge < -0.3 is 5.32 Å². The Hall–Kier alpha value is -1.77. The Kier molecular flexibility index (Phi) is 1.81. The van der Waals surface area contributed by atoms with E-state index in [0.717, 1.165) is 22.5 Å². The highest BCUT2D eigenvalue weighted by molar-refractivity contribution is 6.02. The molecule has 0 saturated carbocycles. The van der Waals surface area contributed by atoms with Crippen LogP contribution in [0.25, 0.3) is 5.70 Å². The second-order valence-corrected chi connectivity index (χ2v) is 3.48. The van der Waals surface area contributed by atoms with E-state index in [-0.39, 0.29) is 6.03 Å². The number of amides is 2. The lowest BCUT2D eigenvalue weighted by molar-refractivity contribution is 0.236. The van der Waals surface area contributed by atoms with Crippen LogP contribution in [0.15, 0.2) is 24.8 Å². The Morgan fingerprint density at radius 1 is 1.43 bits per heavy atom. The van der Waals surface area contributed by atoms with E-state index in [0.29, 0.717) is 0 Å². The highest BCUT2D eigenvalue weighted by Gasteiger charge is 2.22. The van der Waals surface area contributed by atoms with Gasteiger partial charge in [0.15, 0.2) is 0 Å². The van der Waals surface area contributed by atoms with Crippen LogP contribution in [0.4, 0.5) is 10.5 Å². The van der Waals surface area contributed by atoms with Gasteiger partial charge >= 0.3 is 6.03 Å². The zero-order valence-electron chi connectivity index (χ0n) is 8.29. The van der Waals surface area contributed by atoms with Gasteiger partial charge in [0, 0.05) is 18.3 Å². The quantitative estimate of drug-likeness (QED) is 0.666. The van der Waals surface area contributed by atoms with Gasteiger partial charge in [-0.25, -0.2) is 4.79 Å². The van der Waals surface area contributed by atoms with E-state index in [1.54, 1.807) is 7.05 Å². The molecule has 0 radical (unpaired) electrons. The normalized spacial score (nSPS) is 15.1. The average molecular weight is 188 g/mol. The van der Waals surface area contributed by atoms with Gasteiger partial charge in [-0.05, 0) is 18.6 Å². The summed E-state index contributed by atoms with van der Waals surface area (Å²) in [7, 11) is 1.71. The summed E-state index contributed by atoms with van der Waals surface area (Å²) < 4.78 is 0. The maximum Gasteiger partial charge on any atom is 0.326 e. The molecule has 0 unspecified atom stereocenters. The van der Waals surface area contributed by atoms with Crippen LogP contribution < -0.4 is 5.32 Å². The molecule has 1 N–H and O–H groups in total. The van der Waals surface area contributed by atoms with E-state index in [4.69, 9.17) is 0 Å². The van der Waals surface area contributed by atoms with Crippen molar-refractivity contribution in [2.75, 3.05) is 12.4 Å². The zero-order chi connectivity index (χ0) is 10.3. The smallest absolute Gasteiger partial charge is 0.307 e. The molecular formula is C11H12N2O. The molecule has 0 aliphatic carbocycles. The number of nitrogens with zero attached hydrogens (tertiary/aromatic N) is 1. The van der Waals surface area contributed by atoms with Gasteiger partial charge in [-0.2, -0.15) is 0 Å². The minimum atomic E-state index is -0.131. The van der Waals surface area contributed by atoms with Crippen molar-refractivity contribution in [1.29, 1.82) is 0 Å². The van der Waals surface area contributed by atoms with E-state index >= 15 is 0 Å². The Balaban J connectivity index is 2.56. The minimum Gasteiger partial charge on any atom is -0.307 e. The maximum atomic E-state index is 11.4. The molecule has 1 aliphatic rings. The SMILES string of the molecule is C=C1c2ccc(C)cc2NC(=O)N1C. The van der Waals surface area contributed by atoms with Crippen molar-refractivity contribution in [2.45, 2.75) is 6.92 Å². The topological polar surface area (TPSA) is 32.3 Å². The first kappa shape index (κ1) is 8.81. The summed E-state index contributed by atoms with van der Waals surface area (Å²) in [4.78, 5) is 12.9. The van der Waals surface area contributed by atoms with Gasteiger partial charge in [-0.1, -0.05) is 18.7 Å². The van der Waals surface area contributed by atoms with Gasteiger partial charge in [0.2, 0.25) is 0 Å². The van der Waals surface area contributed by atoms with E-state index in [2.05, 4.69) is 11.9 Å². The summed E-state index contributed by atoms with van der Waals surface area (Å²) in [5.74, 6) is 0. The Bertz CT molecular complexity index is 423. The number of hydrogen-bond donors (Lipinski definition) is 1. The van der Waals surface area contributed by atoms with Crippen LogP contribution in [0.5, 0.6) is 0 Å². The minimum absolute atomic E-state index is 0.131. The fourth-order valence-electron chi connectivity index (χ4n) is 1.52. The first-order valence-electron chi connectivity index (χ1n) is 4.44. The molecule has 1 heterocycles. The van der Waals surface area contributed by atoms with Crippen LogP contribution in [0, 0.1) is 6.92 Å². The van der Waals surface area contributed by atoms with Crippen molar-refractivity contribution in [3.63, 3.8) is 0 Å². The first-order chi connectivity index (χ1) is 6.59. The molecule has 0 aromatic heterocycles. The van der Waals surface area contributed by atoms with Crippen LogP contribution in [0.3, 0.4) is 0 Å². The number of aryl methyl sites for hydroxylation is 1. The van der Waals surface area contributed by atoms with E-state index in [1.165, 1.54) is 4.90 Å². The van der Waals surface area contributed by atoms with Gasteiger partial charge in [-0.3, -0.25) is 4.90 Å². The van der Waals surface area contributed by atoms with Crippen LogP contribution >= 0.6 is 0 Å². The van der Waals surface area contributed by atoms with E-state index in [9.17, 15) is 4.79 Å². The number of carbonyl (C=O) groups excluding carboxylic acids is 1. The third-order valence-corrected chi connectivity index (χ3v) is 2.44. The fourth-order valence-corrected chi connectivity index (χ4v) is 1.52. The number of rotatable bonds is 0. The van der Waals surface area contributed by atoms with Crippen LogP contribution in [-0.4, -0.2) is 18.0 Å². The van der Waals surface area contributed by atoms with Gasteiger partial charge in [0.25, 0.3) is 0 Å². The lowest BCUT2D eigenvalue weighted by atomic mass is 10.1. The second kappa shape index (κ2) is 2.87. The number of urea groups is 1. The predicted molar refractivity (Wildman–Crippen MR) is 57.0 cm³/mol. The monoisotopic (exact) mass is 188 g/mol. The Morgan fingerprint density at radius 2 is 2.14 bits per heavy atom. The zero-order valence-corrected chi connectivity index (χ0v) is 8.29. The van der Waals surface area contributed by atoms with Crippen molar-refractivity contribution < 1.29 is 4.79 Å². The van der Waals surface area contributed by atoms with Crippen molar-refractivity contribution in [2.24, 2.45) is 0 Å². The highest BCUT2D eigenvalue weighted by atomic mass is 16.2. The molecule has 0 fully saturated rings. The van der Waals surface area contributed by atoms with Crippen molar-refractivity contribution >= 4 is 17.4 Å². The third-order valence-electron chi connectivity index (χ3n) is 2.44. The van der Waals surface area contributed by atoms with Gasteiger partial charge in [-0.15, -0.1) is 0 Å². The van der Waals surface area contributed by atoms with Crippen molar-refractivity contribution in [3.8, 4) is 0 Å². The highest BCUT2D eigenvalue weighted by Crippen LogP contribution is 2.30. The van der Waals surface area contributed by atoms with Gasteiger partial charge in [0.05, 0.1) is 5.69 Å². The van der Waals surface area contributed by atoms with Crippen LogP contribution in [0.1, 0.15) is 11.1 Å². The number of anilines is 1. The number of carbonyl (C=O) groups is 1. The molecule has 1 aromatic rings. The van der Waals surface area contributed by atoms with Crippen molar-refractivity contribution in [3.05, 3.63) is 35.9 Å². The number of fused-ring (bicyclic) bond motifs is 1. The van der Waals surface area contributed by atoms with Crippen LogP contribution in [-0.2, 0) is 0 Å². The summed E-state index contributed by atoms with van der Waals surface area (Å²) in [5.41, 5.74) is 3.70. The van der Waals surface area contributed by atoms with E-state index < -0.39 is 0 Å². The molecule has 2 rings (SSSR count). The molecule has 72 valence electrons. The molecule has 2 amide bonds. The van der Waals surface area contributed by atoms with Crippen molar-refractivity contribution in [1.82, 2.24) is 4.90 Å². The third kappa shape index (κ3) is 1.18. The summed E-state index contributed by atoms with van der Waals surface area (Å²) >= 11 is 0. The molecule has 14 heavy (non-hydrogen) atoms. The molecule has 3 nitrogen and oxygen atoms in total. The predicted octanol–water partition coefficient (Wildman–Crippen LogP) is 2.44. The lowest BCUT2D eigenvalue weighted by Gasteiger charge is -2.28. The van der Waals surface area contributed by atoms with E-state index in [1.807, 2.05) is 25.1 Å². The number of nitrogens with one attached hydrogen (secondary N) is 1. The fraction of sp³-hybridized carbons (Fsp3) is 0.182. The summed E-state index contributed by atoms with van der Waals surface area (Å²) in [5, 5.41) is 2.81. The molecule has 3 heteroatoms. The summed E-state index contributed by atoms with van der Waals surface area (Å²) in [6.45, 7) is 5.88. The molecule has 0 saturated heterocycles. The number of hydrogen-bond acceptors (Lipinski definition) is 1. The second-order valence-electron chi connectivity index (χ2n) is 3.48. The lowest BCUT2D eigenvalue weighted by Crippen LogP contribution is -2.34. The molecular weight excluding hydrogens is 176 g/mol. The van der Waals surface area contributed by atoms with Gasteiger partial charge in [0.1, 0.15) is 0 Å². The molecule has 1 aliphatic heterocycles. The molecule has 0 spiro atoms. The average Bonchev–Trinajstić information content (AvgIpc) is 2.14. The first-order valence-corrected chi connectivity index (χ1v) is 4.44. The molecule has 0 atom stereocenters. The largest absolute Gasteiger partial charge is 0.326 e. The Labute approximate surface area is 83.0 Å². The molecule has 1 aromatic carbocycles. The number of benzene rings is 1. The Morgan fingerprint density at radius 3 is 2.86 bits per heavy atom. The standard InChI is InChI=1S/C11H12N2O/c1-7-4-5-9-8(2)13(3)11(14)12-10(9)6-7/h4-6H,2H2,1,3H3,(H,12,14). The maximum absolute atomic E-state index is 11.4. The van der Waals surface area contributed by atoms with Crippen LogP contribution in [0.2, 0.25) is 0 Å². The summed E-state index contributed by atoms with van der Waals surface area (Å²) in [6, 6.07) is 5.80.